The molecule has 2 aromatic rings. The van der Waals surface area contributed by atoms with Crippen molar-refractivity contribution in [1.82, 2.24) is 0 Å². The fourth-order valence-corrected chi connectivity index (χ4v) is 2.83. The van der Waals surface area contributed by atoms with Gasteiger partial charge in [-0.05, 0) is 17.5 Å². The molecule has 0 heterocycles. The molecule has 0 aromatic heterocycles. The molecule has 0 aliphatic heterocycles. The second-order valence-corrected chi connectivity index (χ2v) is 5.99. The first-order valence-corrected chi connectivity index (χ1v) is 8.44. The van der Waals surface area contributed by atoms with E-state index in [1.165, 1.54) is 22.7 Å². The van der Waals surface area contributed by atoms with Crippen LogP contribution < -0.4 is 19.1 Å². The highest BCUT2D eigenvalue weighted by Crippen LogP contribution is 2.40. The molecule has 0 bridgehead atoms. The topological polar surface area (TPSA) is 48.0 Å². The fourth-order valence-electron chi connectivity index (χ4n) is 2.17. The average Bonchev–Trinajstić information content (AvgIpc) is 2.66. The van der Waals surface area contributed by atoms with Crippen LogP contribution in [0.5, 0.6) is 17.2 Å². The maximum atomic E-state index is 12.4. The number of hydrogen-bond acceptors (Lipinski definition) is 5. The van der Waals surface area contributed by atoms with Crippen LogP contribution in [0.1, 0.15) is 0 Å². The van der Waals surface area contributed by atoms with E-state index < -0.39 is 0 Å². The zero-order valence-corrected chi connectivity index (χ0v) is 15.5. The second kappa shape index (κ2) is 9.03. The molecular weight excluding hydrogens is 338 g/mol. The van der Waals surface area contributed by atoms with Crippen molar-refractivity contribution in [3.05, 3.63) is 53.9 Å². The largest absolute Gasteiger partial charge is 0.493 e. The predicted octanol–water partition coefficient (Wildman–Crippen LogP) is 3.98. The molecule has 0 N–H and O–H groups in total. The zero-order valence-electron chi connectivity index (χ0n) is 14.7. The van der Waals surface area contributed by atoms with Gasteiger partial charge in [0.2, 0.25) is 5.75 Å². The van der Waals surface area contributed by atoms with Crippen molar-refractivity contribution in [3.8, 4) is 17.2 Å². The van der Waals surface area contributed by atoms with Gasteiger partial charge < -0.3 is 19.1 Å². The Kier molecular flexibility index (Phi) is 6.77. The maximum Gasteiger partial charge on any atom is 0.251 e. The van der Waals surface area contributed by atoms with Gasteiger partial charge >= 0.3 is 0 Å². The number of likely N-dealkylation sites (N-methyl/N-ethyl adjacent to an activating group) is 1. The number of rotatable bonds is 7. The van der Waals surface area contributed by atoms with Crippen molar-refractivity contribution < 1.29 is 19.0 Å². The van der Waals surface area contributed by atoms with Crippen LogP contribution in [0.25, 0.3) is 0 Å². The van der Waals surface area contributed by atoms with E-state index in [0.29, 0.717) is 22.9 Å². The zero-order chi connectivity index (χ0) is 18.2. The lowest BCUT2D eigenvalue weighted by molar-refractivity contribution is -0.113. The molecule has 5 nitrogen and oxygen atoms in total. The first-order valence-electron chi connectivity index (χ1n) is 7.56. The molecule has 0 unspecified atom stereocenters. The van der Waals surface area contributed by atoms with Crippen molar-refractivity contribution >= 4 is 23.4 Å². The summed E-state index contributed by atoms with van der Waals surface area (Å²) in [6.07, 6.45) is 1.53. The number of methoxy groups -OCH3 is 3. The summed E-state index contributed by atoms with van der Waals surface area (Å²) in [5.41, 5.74) is 0.647. The first-order chi connectivity index (χ1) is 12.1. The Labute approximate surface area is 152 Å². The van der Waals surface area contributed by atoms with Crippen LogP contribution >= 0.6 is 11.8 Å². The van der Waals surface area contributed by atoms with Crippen molar-refractivity contribution in [1.29, 1.82) is 0 Å². The van der Waals surface area contributed by atoms with Gasteiger partial charge in [0.05, 0.1) is 27.0 Å². The molecule has 1 amide bonds. The third kappa shape index (κ3) is 4.70. The summed E-state index contributed by atoms with van der Waals surface area (Å²) >= 11 is 1.49. The van der Waals surface area contributed by atoms with E-state index in [-0.39, 0.29) is 5.91 Å². The summed E-state index contributed by atoms with van der Waals surface area (Å²) in [6, 6.07) is 13.3. The van der Waals surface area contributed by atoms with E-state index in [1.807, 2.05) is 30.3 Å². The lowest BCUT2D eigenvalue weighted by Gasteiger charge is -2.19. The van der Waals surface area contributed by atoms with Gasteiger partial charge in [-0.25, -0.2) is 0 Å². The minimum atomic E-state index is -0.155. The number of nitrogens with zero attached hydrogens (tertiary/aromatic N) is 1. The van der Waals surface area contributed by atoms with E-state index >= 15 is 0 Å². The predicted molar refractivity (Wildman–Crippen MR) is 101 cm³/mol. The van der Waals surface area contributed by atoms with Crippen molar-refractivity contribution in [2.75, 3.05) is 33.3 Å². The second-order valence-electron chi connectivity index (χ2n) is 5.01. The lowest BCUT2D eigenvalue weighted by Crippen LogP contribution is -2.24. The molecule has 2 aromatic carbocycles. The van der Waals surface area contributed by atoms with E-state index in [2.05, 4.69) is 0 Å². The summed E-state index contributed by atoms with van der Waals surface area (Å²) < 4.78 is 15.9. The highest BCUT2D eigenvalue weighted by atomic mass is 32.2. The Morgan fingerprint density at radius 1 is 1.00 bits per heavy atom. The molecule has 0 aliphatic carbocycles. The van der Waals surface area contributed by atoms with Gasteiger partial charge in [-0.3, -0.25) is 4.79 Å². The third-order valence-corrected chi connectivity index (χ3v) is 4.34. The lowest BCUT2D eigenvalue weighted by atomic mass is 10.2. The molecule has 0 saturated carbocycles. The molecule has 0 atom stereocenters. The van der Waals surface area contributed by atoms with Crippen molar-refractivity contribution in [2.24, 2.45) is 0 Å². The molecule has 2 rings (SSSR count). The smallest absolute Gasteiger partial charge is 0.251 e. The van der Waals surface area contributed by atoms with E-state index in [9.17, 15) is 4.79 Å². The van der Waals surface area contributed by atoms with E-state index in [1.54, 1.807) is 45.9 Å². The first kappa shape index (κ1) is 18.7. The Bertz CT molecular complexity index is 721. The molecule has 0 saturated heterocycles. The highest BCUT2D eigenvalue weighted by Gasteiger charge is 2.17. The summed E-state index contributed by atoms with van der Waals surface area (Å²) in [5.74, 6) is 1.33. The van der Waals surface area contributed by atoms with Crippen molar-refractivity contribution in [3.63, 3.8) is 0 Å². The molecule has 0 spiro atoms. The van der Waals surface area contributed by atoms with Gasteiger partial charge in [0, 0.05) is 30.2 Å². The molecule has 0 radical (unpaired) electrons. The summed E-state index contributed by atoms with van der Waals surface area (Å²) in [5, 5.41) is 1.77. The maximum absolute atomic E-state index is 12.4. The Morgan fingerprint density at radius 3 is 2.12 bits per heavy atom. The number of hydrogen-bond donors (Lipinski definition) is 0. The van der Waals surface area contributed by atoms with Crippen LogP contribution in [0.2, 0.25) is 0 Å². The molecule has 25 heavy (non-hydrogen) atoms. The summed E-state index contributed by atoms with van der Waals surface area (Å²) in [6.45, 7) is 0. The van der Waals surface area contributed by atoms with Gasteiger partial charge in [0.1, 0.15) is 0 Å². The number of carbonyl (C=O) groups is 1. The number of thioether (sulfide) groups is 1. The number of anilines is 1. The van der Waals surface area contributed by atoms with E-state index in [4.69, 9.17) is 14.2 Å². The number of amides is 1. The number of ether oxygens (including phenoxy) is 3. The fraction of sp³-hybridized carbons (Fsp3) is 0.211. The van der Waals surface area contributed by atoms with E-state index in [0.717, 1.165) is 4.90 Å². The van der Waals surface area contributed by atoms with Crippen LogP contribution in [0.4, 0.5) is 5.69 Å². The van der Waals surface area contributed by atoms with Gasteiger partial charge in [-0.1, -0.05) is 30.0 Å². The van der Waals surface area contributed by atoms with Gasteiger partial charge in [0.25, 0.3) is 5.91 Å². The van der Waals surface area contributed by atoms with Gasteiger partial charge in [-0.15, -0.1) is 0 Å². The Balaban J connectivity index is 2.16. The van der Waals surface area contributed by atoms with Crippen LogP contribution in [-0.4, -0.2) is 34.3 Å². The van der Waals surface area contributed by atoms with Crippen molar-refractivity contribution in [2.45, 2.75) is 4.90 Å². The molecule has 132 valence electrons. The molecular formula is C19H21NO4S. The summed E-state index contributed by atoms with van der Waals surface area (Å²) in [7, 11) is 6.32. The normalized spacial score (nSPS) is 10.6. The molecule has 6 heteroatoms. The highest BCUT2D eigenvalue weighted by molar-refractivity contribution is 8.02. The van der Waals surface area contributed by atoms with Crippen LogP contribution in [0.3, 0.4) is 0 Å². The van der Waals surface area contributed by atoms with Gasteiger partial charge in [0.15, 0.2) is 11.5 Å². The Morgan fingerprint density at radius 2 is 1.60 bits per heavy atom. The van der Waals surface area contributed by atoms with Gasteiger partial charge in [-0.2, -0.15) is 0 Å². The monoisotopic (exact) mass is 359 g/mol. The van der Waals surface area contributed by atoms with Crippen LogP contribution in [0, 0.1) is 0 Å². The summed E-state index contributed by atoms with van der Waals surface area (Å²) in [4.78, 5) is 15.0. The quantitative estimate of drug-likeness (QED) is 0.553. The Hall–Kier alpha value is -2.60. The molecule has 0 aliphatic rings. The standard InChI is InChI=1S/C19H21NO4S/c1-20(18(21)10-11-25-15-8-6-5-7-9-15)14-12-16(22-2)19(24-4)17(13-14)23-3/h5-13H,1-4H3/b11-10+. The average molecular weight is 359 g/mol. The third-order valence-electron chi connectivity index (χ3n) is 3.53. The number of carbonyl (C=O) groups excluding carboxylic acids is 1. The number of benzene rings is 2. The van der Waals surface area contributed by atoms with Crippen LogP contribution in [-0.2, 0) is 4.79 Å². The minimum Gasteiger partial charge on any atom is -0.493 e. The SMILES string of the molecule is COc1cc(N(C)C(=O)/C=C/Sc2ccccc2)cc(OC)c1OC. The molecule has 0 fully saturated rings. The minimum absolute atomic E-state index is 0.155. The van der Waals surface area contributed by atoms with Crippen LogP contribution in [0.15, 0.2) is 58.8 Å².